The molecule has 0 aliphatic heterocycles. The molecule has 1 amide bonds. The van der Waals surface area contributed by atoms with Crippen molar-refractivity contribution in [2.75, 3.05) is 11.4 Å². The Morgan fingerprint density at radius 2 is 1.61 bits per heavy atom. The Balaban J connectivity index is 1.73. The molecule has 0 radical (unpaired) electrons. The lowest BCUT2D eigenvalue weighted by molar-refractivity contribution is -0.119. The normalized spacial score (nSPS) is 11.6. The second-order valence-corrected chi connectivity index (χ2v) is 10.2. The number of halogens is 1. The summed E-state index contributed by atoms with van der Waals surface area (Å²) in [7, 11) is -3.79. The van der Waals surface area contributed by atoms with Crippen LogP contribution in [0.1, 0.15) is 19.8 Å². The minimum atomic E-state index is -3.79. The van der Waals surface area contributed by atoms with Crippen LogP contribution in [0.4, 0.5) is 5.69 Å². The van der Waals surface area contributed by atoms with E-state index >= 15 is 0 Å². The maximum absolute atomic E-state index is 13.4. The Kier molecular flexibility index (Phi) is 6.86. The van der Waals surface area contributed by atoms with Gasteiger partial charge in [0.2, 0.25) is 15.7 Å². The second kappa shape index (κ2) is 9.81. The molecule has 5 nitrogen and oxygen atoms in total. The molecule has 170 valence electrons. The van der Waals surface area contributed by atoms with Gasteiger partial charge in [-0.05, 0) is 48.9 Å². The number of unbranched alkanes of at least 4 members (excludes halogenated alkanes) is 1. The highest BCUT2D eigenvalue weighted by Gasteiger charge is 2.25. The summed E-state index contributed by atoms with van der Waals surface area (Å²) in [5.41, 5.74) is 1.53. The van der Waals surface area contributed by atoms with Crippen molar-refractivity contribution in [3.05, 3.63) is 90.1 Å². The molecule has 7 heteroatoms. The molecule has 0 aliphatic rings. The van der Waals surface area contributed by atoms with Crippen molar-refractivity contribution in [1.29, 1.82) is 0 Å². The summed E-state index contributed by atoms with van der Waals surface area (Å²) in [4.78, 5) is 15.5. The van der Waals surface area contributed by atoms with Gasteiger partial charge in [0.25, 0.3) is 0 Å². The van der Waals surface area contributed by atoms with Crippen LogP contribution in [-0.4, -0.2) is 25.4 Å². The topological polar surface area (TPSA) is 59.4 Å². The molecule has 0 unspecified atom stereocenters. The summed E-state index contributed by atoms with van der Waals surface area (Å²) < 4.78 is 28.5. The van der Waals surface area contributed by atoms with Crippen molar-refractivity contribution in [3.63, 3.8) is 0 Å². The van der Waals surface area contributed by atoms with Gasteiger partial charge in [0.05, 0.1) is 9.79 Å². The van der Waals surface area contributed by atoms with E-state index in [9.17, 15) is 13.2 Å². The number of fused-ring (bicyclic) bond motifs is 1. The van der Waals surface area contributed by atoms with E-state index in [0.29, 0.717) is 22.5 Å². The van der Waals surface area contributed by atoms with Crippen LogP contribution >= 0.6 is 11.6 Å². The third kappa shape index (κ3) is 4.82. The maximum Gasteiger partial charge on any atom is 0.246 e. The van der Waals surface area contributed by atoms with E-state index in [1.54, 1.807) is 39.9 Å². The molecule has 4 aromatic rings. The Labute approximate surface area is 199 Å². The van der Waals surface area contributed by atoms with Crippen molar-refractivity contribution >= 4 is 43.9 Å². The van der Waals surface area contributed by atoms with Crippen molar-refractivity contribution in [2.24, 2.45) is 0 Å². The van der Waals surface area contributed by atoms with E-state index in [1.807, 2.05) is 42.5 Å². The first-order valence-corrected chi connectivity index (χ1v) is 12.7. The van der Waals surface area contributed by atoms with Gasteiger partial charge in [-0.15, -0.1) is 0 Å². The first kappa shape index (κ1) is 23.1. The number of carbonyl (C=O) groups excluding carboxylic acids is 1. The van der Waals surface area contributed by atoms with E-state index in [1.165, 1.54) is 12.1 Å². The lowest BCUT2D eigenvalue weighted by Crippen LogP contribution is -2.34. The molecule has 0 bridgehead atoms. The average molecular weight is 481 g/mol. The van der Waals surface area contributed by atoms with Crippen LogP contribution in [0.25, 0.3) is 10.9 Å². The Hall–Kier alpha value is -3.09. The van der Waals surface area contributed by atoms with E-state index < -0.39 is 9.84 Å². The number of nitrogens with zero attached hydrogens (tertiary/aromatic N) is 2. The summed E-state index contributed by atoms with van der Waals surface area (Å²) in [6.45, 7) is 2.73. The highest BCUT2D eigenvalue weighted by molar-refractivity contribution is 7.91. The third-order valence-electron chi connectivity index (χ3n) is 5.58. The van der Waals surface area contributed by atoms with Gasteiger partial charge in [0.1, 0.15) is 6.54 Å². The van der Waals surface area contributed by atoms with E-state index in [2.05, 4.69) is 6.92 Å². The van der Waals surface area contributed by atoms with Crippen LogP contribution < -0.4 is 4.90 Å². The highest BCUT2D eigenvalue weighted by atomic mass is 35.5. The number of para-hydroxylation sites is 2. The van der Waals surface area contributed by atoms with Crippen LogP contribution in [-0.2, 0) is 21.2 Å². The average Bonchev–Trinajstić information content (AvgIpc) is 3.19. The fourth-order valence-electron chi connectivity index (χ4n) is 3.85. The van der Waals surface area contributed by atoms with E-state index in [-0.39, 0.29) is 22.2 Å². The summed E-state index contributed by atoms with van der Waals surface area (Å²) in [6.07, 6.45) is 3.41. The van der Waals surface area contributed by atoms with Crippen LogP contribution in [0, 0.1) is 0 Å². The summed E-state index contributed by atoms with van der Waals surface area (Å²) >= 11 is 5.94. The molecule has 1 heterocycles. The molecular weight excluding hydrogens is 456 g/mol. The summed E-state index contributed by atoms with van der Waals surface area (Å²) in [6, 6.07) is 22.9. The fraction of sp³-hybridized carbons (Fsp3) is 0.192. The molecule has 0 atom stereocenters. The minimum Gasteiger partial charge on any atom is -0.337 e. The molecule has 0 saturated carbocycles. The third-order valence-corrected chi connectivity index (χ3v) is 7.62. The molecule has 0 aliphatic carbocycles. The van der Waals surface area contributed by atoms with Gasteiger partial charge >= 0.3 is 0 Å². The van der Waals surface area contributed by atoms with Crippen molar-refractivity contribution in [2.45, 2.75) is 36.1 Å². The highest BCUT2D eigenvalue weighted by Crippen LogP contribution is 2.31. The van der Waals surface area contributed by atoms with Crippen LogP contribution in [0.2, 0.25) is 5.02 Å². The van der Waals surface area contributed by atoms with Crippen molar-refractivity contribution < 1.29 is 13.2 Å². The van der Waals surface area contributed by atoms with Gasteiger partial charge in [-0.1, -0.05) is 61.3 Å². The fourth-order valence-corrected chi connectivity index (χ4v) is 5.45. The lowest BCUT2D eigenvalue weighted by atomic mass is 10.2. The van der Waals surface area contributed by atoms with Gasteiger partial charge in [0.15, 0.2) is 0 Å². The molecule has 33 heavy (non-hydrogen) atoms. The number of sulfone groups is 1. The lowest BCUT2D eigenvalue weighted by Gasteiger charge is -2.23. The zero-order valence-corrected chi connectivity index (χ0v) is 19.9. The zero-order valence-electron chi connectivity index (χ0n) is 18.3. The number of aromatic nitrogens is 1. The number of amides is 1. The molecule has 1 aromatic heterocycles. The Morgan fingerprint density at radius 1 is 0.939 bits per heavy atom. The van der Waals surface area contributed by atoms with Crippen LogP contribution in [0.15, 0.2) is 94.9 Å². The van der Waals surface area contributed by atoms with Crippen LogP contribution in [0.5, 0.6) is 0 Å². The minimum absolute atomic E-state index is 0.0370. The zero-order chi connectivity index (χ0) is 23.4. The van der Waals surface area contributed by atoms with Crippen LogP contribution in [0.3, 0.4) is 0 Å². The Morgan fingerprint density at radius 3 is 2.30 bits per heavy atom. The molecular formula is C26H25ClN2O3S. The largest absolute Gasteiger partial charge is 0.337 e. The molecule has 4 rings (SSSR count). The number of carbonyl (C=O) groups is 1. The maximum atomic E-state index is 13.4. The monoisotopic (exact) mass is 480 g/mol. The predicted molar refractivity (Wildman–Crippen MR) is 133 cm³/mol. The molecule has 0 saturated heterocycles. The first-order chi connectivity index (χ1) is 15.9. The van der Waals surface area contributed by atoms with E-state index in [0.717, 1.165) is 18.5 Å². The van der Waals surface area contributed by atoms with Gasteiger partial charge in [-0.2, -0.15) is 0 Å². The quantitative estimate of drug-likeness (QED) is 0.312. The first-order valence-electron chi connectivity index (χ1n) is 10.9. The SMILES string of the molecule is CCCCN(C(=O)Cn1cc(S(=O)(=O)c2ccc(Cl)cc2)c2ccccc21)c1ccccc1. The second-order valence-electron chi connectivity index (χ2n) is 7.83. The smallest absolute Gasteiger partial charge is 0.246 e. The Bertz CT molecular complexity index is 1360. The molecule has 0 spiro atoms. The van der Waals surface area contributed by atoms with Gasteiger partial charge in [-0.25, -0.2) is 8.42 Å². The van der Waals surface area contributed by atoms with Gasteiger partial charge in [-0.3, -0.25) is 4.79 Å². The summed E-state index contributed by atoms with van der Waals surface area (Å²) in [5.74, 6) is -0.0918. The van der Waals surface area contributed by atoms with Gasteiger partial charge in [0, 0.05) is 34.4 Å². The number of hydrogen-bond acceptors (Lipinski definition) is 3. The number of rotatable bonds is 8. The molecule has 3 aromatic carbocycles. The number of benzene rings is 3. The van der Waals surface area contributed by atoms with Crippen molar-refractivity contribution in [3.8, 4) is 0 Å². The molecule has 0 fully saturated rings. The van der Waals surface area contributed by atoms with Gasteiger partial charge < -0.3 is 9.47 Å². The van der Waals surface area contributed by atoms with E-state index in [4.69, 9.17) is 11.6 Å². The standard InChI is InChI=1S/C26H25ClN2O3S/c1-2-3-17-29(21-9-5-4-6-10-21)26(30)19-28-18-25(23-11-7-8-12-24(23)28)33(31,32)22-15-13-20(27)14-16-22/h4-16,18H,2-3,17,19H2,1H3. The van der Waals surface area contributed by atoms with Crippen molar-refractivity contribution in [1.82, 2.24) is 4.57 Å². The summed E-state index contributed by atoms with van der Waals surface area (Å²) in [5, 5.41) is 1.05. The number of hydrogen-bond donors (Lipinski definition) is 0. The number of anilines is 1. The predicted octanol–water partition coefficient (Wildman–Crippen LogP) is 5.96. The molecule has 0 N–H and O–H groups in total.